The number of piperidine rings is 2. The SMILES string of the molecule is O=S(=O)(CCCN1CCN(c2ccccc2)CC1)N1CCC[C@H]2CN3CCc4cc(Cl)ccc4[C@@H]3C[C@H]21. The van der Waals surface area contributed by atoms with Crippen LogP contribution >= 0.6 is 11.6 Å². The second-order valence-electron chi connectivity index (χ2n) is 11.3. The topological polar surface area (TPSA) is 47.1 Å². The number of piperazine rings is 1. The van der Waals surface area contributed by atoms with E-state index in [1.54, 1.807) is 0 Å². The van der Waals surface area contributed by atoms with Gasteiger partial charge in [0.05, 0.1) is 5.75 Å². The maximum absolute atomic E-state index is 13.6. The summed E-state index contributed by atoms with van der Waals surface area (Å²) in [5, 5.41) is 0.796. The highest BCUT2D eigenvalue weighted by Gasteiger charge is 2.45. The van der Waals surface area contributed by atoms with Crippen molar-refractivity contribution in [2.75, 3.05) is 63.0 Å². The van der Waals surface area contributed by atoms with Gasteiger partial charge >= 0.3 is 0 Å². The minimum absolute atomic E-state index is 0.121. The first-order valence-electron chi connectivity index (χ1n) is 14.0. The average Bonchev–Trinajstić information content (AvgIpc) is 2.92. The van der Waals surface area contributed by atoms with Crippen LogP contribution in [0, 0.1) is 5.92 Å². The molecule has 3 fully saturated rings. The lowest BCUT2D eigenvalue weighted by molar-refractivity contribution is 0.0220. The molecular weight excluding hydrogens is 504 g/mol. The molecule has 0 radical (unpaired) electrons. The summed E-state index contributed by atoms with van der Waals surface area (Å²) in [7, 11) is -3.27. The molecule has 8 heteroatoms. The Kier molecular flexibility index (Phi) is 7.52. The number of para-hydroxylation sites is 1. The van der Waals surface area contributed by atoms with Gasteiger partial charge in [0, 0.05) is 68.6 Å². The summed E-state index contributed by atoms with van der Waals surface area (Å²) in [6.07, 6.45) is 4.76. The molecule has 0 aliphatic carbocycles. The van der Waals surface area contributed by atoms with Crippen molar-refractivity contribution in [1.29, 1.82) is 0 Å². The summed E-state index contributed by atoms with van der Waals surface area (Å²) in [6, 6.07) is 17.3. The van der Waals surface area contributed by atoms with Gasteiger partial charge in [-0.2, -0.15) is 4.31 Å². The molecule has 4 aliphatic rings. The summed E-state index contributed by atoms with van der Waals surface area (Å²) in [6.45, 7) is 7.57. The normalized spacial score (nSPS) is 27.4. The van der Waals surface area contributed by atoms with E-state index in [1.165, 1.54) is 16.8 Å². The Morgan fingerprint density at radius 2 is 1.76 bits per heavy atom. The molecule has 0 N–H and O–H groups in total. The Morgan fingerprint density at radius 3 is 2.57 bits per heavy atom. The second kappa shape index (κ2) is 10.9. The van der Waals surface area contributed by atoms with Crippen molar-refractivity contribution in [3.63, 3.8) is 0 Å². The number of anilines is 1. The molecule has 6 rings (SSSR count). The molecule has 0 bridgehead atoms. The quantitative estimate of drug-likeness (QED) is 0.546. The fourth-order valence-electron chi connectivity index (χ4n) is 7.18. The molecule has 2 aromatic rings. The predicted molar refractivity (Wildman–Crippen MR) is 151 cm³/mol. The molecule has 37 heavy (non-hydrogen) atoms. The summed E-state index contributed by atoms with van der Waals surface area (Å²) in [5.41, 5.74) is 3.97. The van der Waals surface area contributed by atoms with Crippen LogP contribution in [0.2, 0.25) is 5.02 Å². The molecule has 200 valence electrons. The predicted octanol–water partition coefficient (Wildman–Crippen LogP) is 4.27. The van der Waals surface area contributed by atoms with E-state index < -0.39 is 10.0 Å². The van der Waals surface area contributed by atoms with Gasteiger partial charge in [-0.1, -0.05) is 35.9 Å². The van der Waals surface area contributed by atoms with E-state index in [-0.39, 0.29) is 11.8 Å². The molecule has 0 aromatic heterocycles. The van der Waals surface area contributed by atoms with Crippen LogP contribution in [0.3, 0.4) is 0 Å². The van der Waals surface area contributed by atoms with Gasteiger partial charge in [-0.05, 0) is 80.0 Å². The molecule has 2 aromatic carbocycles. The van der Waals surface area contributed by atoms with Gasteiger partial charge in [0.25, 0.3) is 0 Å². The van der Waals surface area contributed by atoms with Gasteiger partial charge < -0.3 is 4.90 Å². The zero-order valence-corrected chi connectivity index (χ0v) is 23.2. The fraction of sp³-hybridized carbons (Fsp3) is 0.586. The van der Waals surface area contributed by atoms with Crippen LogP contribution in [0.1, 0.15) is 42.9 Å². The third-order valence-corrected chi connectivity index (χ3v) is 11.3. The third kappa shape index (κ3) is 5.44. The Hall–Kier alpha value is -1.64. The first-order valence-corrected chi connectivity index (χ1v) is 16.0. The number of rotatable bonds is 6. The standard InChI is InChI=1S/C29H39ClN4O2S/c30-25-9-10-27-23(20-25)11-14-33-22-24-6-4-13-34(28(24)21-29(27)33)37(35,36)19-5-12-31-15-17-32(18-16-31)26-7-2-1-3-8-26/h1-3,7-10,20,24,28-29H,4-6,11-19,21-22H2/t24-,28+,29-/m0/s1. The van der Waals surface area contributed by atoms with E-state index in [9.17, 15) is 8.42 Å². The van der Waals surface area contributed by atoms with Gasteiger partial charge in [0.1, 0.15) is 0 Å². The molecule has 0 saturated carbocycles. The largest absolute Gasteiger partial charge is 0.369 e. The van der Waals surface area contributed by atoms with Crippen LogP contribution in [0.4, 0.5) is 5.69 Å². The van der Waals surface area contributed by atoms with Crippen LogP contribution in [-0.2, 0) is 16.4 Å². The van der Waals surface area contributed by atoms with E-state index in [0.29, 0.717) is 24.9 Å². The highest BCUT2D eigenvalue weighted by Crippen LogP contribution is 2.44. The Morgan fingerprint density at radius 1 is 0.946 bits per heavy atom. The Balaban J connectivity index is 1.06. The van der Waals surface area contributed by atoms with Gasteiger partial charge in [-0.3, -0.25) is 9.80 Å². The molecule has 3 saturated heterocycles. The van der Waals surface area contributed by atoms with Crippen LogP contribution in [0.25, 0.3) is 0 Å². The molecular formula is C29H39ClN4O2S. The summed E-state index contributed by atoms with van der Waals surface area (Å²) in [5.74, 6) is 0.704. The number of sulfonamides is 1. The summed E-state index contributed by atoms with van der Waals surface area (Å²) in [4.78, 5) is 7.45. The minimum atomic E-state index is -3.27. The zero-order valence-electron chi connectivity index (χ0n) is 21.6. The lowest BCUT2D eigenvalue weighted by atomic mass is 9.77. The number of nitrogens with zero attached hydrogens (tertiary/aromatic N) is 4. The van der Waals surface area contributed by atoms with Gasteiger partial charge in [-0.15, -0.1) is 0 Å². The van der Waals surface area contributed by atoms with Crippen molar-refractivity contribution in [2.24, 2.45) is 5.92 Å². The first-order chi connectivity index (χ1) is 18.0. The monoisotopic (exact) mass is 542 g/mol. The van der Waals surface area contributed by atoms with E-state index in [4.69, 9.17) is 11.6 Å². The maximum Gasteiger partial charge on any atom is 0.214 e. The second-order valence-corrected chi connectivity index (χ2v) is 13.7. The average molecular weight is 543 g/mol. The number of hydrogen-bond acceptors (Lipinski definition) is 5. The number of halogens is 1. The zero-order chi connectivity index (χ0) is 25.4. The van der Waals surface area contributed by atoms with Crippen molar-refractivity contribution in [3.8, 4) is 0 Å². The van der Waals surface area contributed by atoms with Crippen LogP contribution in [0.5, 0.6) is 0 Å². The van der Waals surface area contributed by atoms with Crippen molar-refractivity contribution in [3.05, 3.63) is 64.7 Å². The van der Waals surface area contributed by atoms with Crippen LogP contribution in [-0.4, -0.2) is 86.7 Å². The smallest absolute Gasteiger partial charge is 0.214 e. The van der Waals surface area contributed by atoms with E-state index >= 15 is 0 Å². The number of hydrogen-bond donors (Lipinski definition) is 0. The van der Waals surface area contributed by atoms with Crippen molar-refractivity contribution in [2.45, 2.75) is 44.2 Å². The molecule has 6 nitrogen and oxygen atoms in total. The number of fused-ring (bicyclic) bond motifs is 4. The first kappa shape index (κ1) is 25.6. The third-order valence-electron chi connectivity index (χ3n) is 9.10. The van der Waals surface area contributed by atoms with Gasteiger partial charge in [0.15, 0.2) is 0 Å². The van der Waals surface area contributed by atoms with Crippen LogP contribution < -0.4 is 4.90 Å². The highest BCUT2D eigenvalue weighted by molar-refractivity contribution is 7.89. The Labute approximate surface area is 227 Å². The van der Waals surface area contributed by atoms with Crippen molar-refractivity contribution < 1.29 is 8.42 Å². The number of benzene rings is 2. The molecule has 3 atom stereocenters. The summed E-state index contributed by atoms with van der Waals surface area (Å²) >= 11 is 6.28. The van der Waals surface area contributed by atoms with Gasteiger partial charge in [-0.25, -0.2) is 8.42 Å². The molecule has 4 heterocycles. The molecule has 4 aliphatic heterocycles. The van der Waals surface area contributed by atoms with Crippen molar-refractivity contribution in [1.82, 2.24) is 14.1 Å². The van der Waals surface area contributed by atoms with E-state index in [2.05, 4.69) is 57.2 Å². The minimum Gasteiger partial charge on any atom is -0.369 e. The molecule has 0 unspecified atom stereocenters. The lowest BCUT2D eigenvalue weighted by Gasteiger charge is -2.51. The van der Waals surface area contributed by atoms with Crippen LogP contribution in [0.15, 0.2) is 48.5 Å². The Bertz CT molecular complexity index is 1190. The maximum atomic E-state index is 13.6. The van der Waals surface area contributed by atoms with Gasteiger partial charge in [0.2, 0.25) is 10.0 Å². The van der Waals surface area contributed by atoms with E-state index in [0.717, 1.165) is 76.5 Å². The highest BCUT2D eigenvalue weighted by atomic mass is 35.5. The molecule has 0 spiro atoms. The lowest BCUT2D eigenvalue weighted by Crippen LogP contribution is -2.57. The van der Waals surface area contributed by atoms with Crippen molar-refractivity contribution >= 4 is 27.3 Å². The summed E-state index contributed by atoms with van der Waals surface area (Å²) < 4.78 is 29.2. The fourth-order valence-corrected chi connectivity index (χ4v) is 9.19. The molecule has 0 amide bonds. The van der Waals surface area contributed by atoms with E-state index in [1.807, 2.05) is 10.4 Å².